The van der Waals surface area contributed by atoms with Crippen molar-refractivity contribution in [2.24, 2.45) is 4.99 Å². The van der Waals surface area contributed by atoms with Crippen LogP contribution in [0.5, 0.6) is 0 Å². The Hall–Kier alpha value is -1.39. The summed E-state index contributed by atoms with van der Waals surface area (Å²) in [6.07, 6.45) is 6.27. The molecule has 166 valence electrons. The molecular formula is C21H32ClIN6O. The van der Waals surface area contributed by atoms with Gasteiger partial charge in [0.15, 0.2) is 5.96 Å². The number of aryl methyl sites for hydroxylation is 1. The van der Waals surface area contributed by atoms with Crippen LogP contribution in [0.3, 0.4) is 0 Å². The number of guanidine groups is 1. The Labute approximate surface area is 201 Å². The van der Waals surface area contributed by atoms with E-state index >= 15 is 0 Å². The molecule has 2 N–H and O–H groups in total. The maximum absolute atomic E-state index is 6.15. The maximum atomic E-state index is 6.15. The second kappa shape index (κ2) is 13.1. The van der Waals surface area contributed by atoms with Crippen LogP contribution in [0.1, 0.15) is 50.5 Å². The fourth-order valence-corrected chi connectivity index (χ4v) is 3.59. The molecule has 1 aromatic heterocycles. The highest BCUT2D eigenvalue weighted by Crippen LogP contribution is 2.17. The highest BCUT2D eigenvalue weighted by molar-refractivity contribution is 14.0. The third-order valence-corrected chi connectivity index (χ3v) is 5.32. The van der Waals surface area contributed by atoms with Crippen molar-refractivity contribution < 1.29 is 4.74 Å². The molecule has 0 radical (unpaired) electrons. The van der Waals surface area contributed by atoms with Gasteiger partial charge in [-0.25, -0.2) is 0 Å². The van der Waals surface area contributed by atoms with Gasteiger partial charge in [-0.2, -0.15) is 0 Å². The second-order valence-electron chi connectivity index (χ2n) is 7.32. The lowest BCUT2D eigenvalue weighted by atomic mass is 10.1. The molecule has 2 unspecified atom stereocenters. The number of aromatic nitrogens is 3. The van der Waals surface area contributed by atoms with Gasteiger partial charge in [0.25, 0.3) is 0 Å². The van der Waals surface area contributed by atoms with Crippen LogP contribution in [0, 0.1) is 0 Å². The SMILES string of the molecule is CCc1nncn1CCNC(=NCC1CCCCO1)NC(C)c1cccc(Cl)c1.I. The predicted molar refractivity (Wildman–Crippen MR) is 132 cm³/mol. The number of benzene rings is 1. The maximum Gasteiger partial charge on any atom is 0.191 e. The van der Waals surface area contributed by atoms with E-state index in [4.69, 9.17) is 21.3 Å². The average Bonchev–Trinajstić information content (AvgIpc) is 3.20. The first-order chi connectivity index (χ1) is 14.2. The molecule has 1 aliphatic rings. The van der Waals surface area contributed by atoms with Gasteiger partial charge in [0, 0.05) is 31.1 Å². The van der Waals surface area contributed by atoms with Crippen molar-refractivity contribution in [2.75, 3.05) is 19.7 Å². The van der Waals surface area contributed by atoms with E-state index in [1.54, 1.807) is 6.33 Å². The monoisotopic (exact) mass is 546 g/mol. The Morgan fingerprint density at radius 1 is 1.40 bits per heavy atom. The Balaban J connectivity index is 0.00000320. The summed E-state index contributed by atoms with van der Waals surface area (Å²) in [5.74, 6) is 1.76. The van der Waals surface area contributed by atoms with E-state index in [9.17, 15) is 0 Å². The molecule has 2 atom stereocenters. The van der Waals surface area contributed by atoms with Crippen LogP contribution < -0.4 is 10.6 Å². The molecule has 3 rings (SSSR count). The third kappa shape index (κ3) is 7.70. The minimum Gasteiger partial charge on any atom is -0.376 e. The van der Waals surface area contributed by atoms with Crippen molar-refractivity contribution in [3.63, 3.8) is 0 Å². The van der Waals surface area contributed by atoms with E-state index in [2.05, 4.69) is 45.3 Å². The van der Waals surface area contributed by atoms with Crippen LogP contribution in [-0.4, -0.2) is 46.5 Å². The number of aliphatic imine (C=N–C) groups is 1. The van der Waals surface area contributed by atoms with Crippen molar-refractivity contribution in [1.82, 2.24) is 25.4 Å². The molecule has 2 aromatic rings. The Bertz CT molecular complexity index is 793. The van der Waals surface area contributed by atoms with E-state index in [0.29, 0.717) is 6.54 Å². The van der Waals surface area contributed by atoms with E-state index in [-0.39, 0.29) is 36.1 Å². The fourth-order valence-electron chi connectivity index (χ4n) is 3.40. The summed E-state index contributed by atoms with van der Waals surface area (Å²) in [5, 5.41) is 15.8. The molecule has 2 heterocycles. The van der Waals surface area contributed by atoms with Crippen LogP contribution in [0.4, 0.5) is 0 Å². The van der Waals surface area contributed by atoms with E-state index in [1.165, 1.54) is 6.42 Å². The first-order valence-corrected chi connectivity index (χ1v) is 10.8. The quantitative estimate of drug-likeness (QED) is 0.298. The molecule has 1 aromatic carbocycles. The molecule has 0 spiro atoms. The molecule has 1 aliphatic heterocycles. The Morgan fingerprint density at radius 3 is 3.00 bits per heavy atom. The number of rotatable bonds is 8. The van der Waals surface area contributed by atoms with Crippen LogP contribution in [0.25, 0.3) is 0 Å². The Kier molecular flexibility index (Phi) is 10.9. The molecule has 0 aliphatic carbocycles. The van der Waals surface area contributed by atoms with Gasteiger partial charge in [-0.15, -0.1) is 34.2 Å². The predicted octanol–water partition coefficient (Wildman–Crippen LogP) is 3.98. The largest absolute Gasteiger partial charge is 0.376 e. The van der Waals surface area contributed by atoms with Gasteiger partial charge in [0.1, 0.15) is 12.2 Å². The van der Waals surface area contributed by atoms with Crippen molar-refractivity contribution in [1.29, 1.82) is 0 Å². The summed E-state index contributed by atoms with van der Waals surface area (Å²) in [6, 6.07) is 7.97. The van der Waals surface area contributed by atoms with E-state index < -0.39 is 0 Å². The van der Waals surface area contributed by atoms with Crippen LogP contribution in [-0.2, 0) is 17.7 Å². The van der Waals surface area contributed by atoms with E-state index in [1.807, 2.05) is 18.2 Å². The topological polar surface area (TPSA) is 76.4 Å². The zero-order chi connectivity index (χ0) is 20.5. The summed E-state index contributed by atoms with van der Waals surface area (Å²) < 4.78 is 7.89. The number of nitrogens with zero attached hydrogens (tertiary/aromatic N) is 4. The summed E-state index contributed by atoms with van der Waals surface area (Å²) >= 11 is 6.15. The van der Waals surface area contributed by atoms with Crippen molar-refractivity contribution in [3.05, 3.63) is 47.0 Å². The molecule has 7 nitrogen and oxygen atoms in total. The van der Waals surface area contributed by atoms with Crippen LogP contribution in [0.15, 0.2) is 35.6 Å². The van der Waals surface area contributed by atoms with Gasteiger partial charge >= 0.3 is 0 Å². The second-order valence-corrected chi connectivity index (χ2v) is 7.76. The molecule has 30 heavy (non-hydrogen) atoms. The number of hydrogen-bond acceptors (Lipinski definition) is 4. The van der Waals surface area contributed by atoms with Gasteiger partial charge in [-0.1, -0.05) is 30.7 Å². The van der Waals surface area contributed by atoms with Gasteiger partial charge in [0.05, 0.1) is 18.7 Å². The standard InChI is InChI=1S/C21H31ClN6O.HI/c1-3-20-27-25-15-28(20)11-10-23-21(24-14-19-9-4-5-12-29-19)26-16(2)17-7-6-8-18(22)13-17;/h6-8,13,15-16,19H,3-5,9-12,14H2,1-2H3,(H2,23,24,26);1H. The summed E-state index contributed by atoms with van der Waals surface area (Å²) in [7, 11) is 0. The number of nitrogens with one attached hydrogen (secondary N) is 2. The minimum absolute atomic E-state index is 0. The number of ether oxygens (including phenoxy) is 1. The molecule has 1 fully saturated rings. The molecule has 0 saturated carbocycles. The van der Waals surface area contributed by atoms with Gasteiger partial charge in [-0.05, 0) is 43.9 Å². The lowest BCUT2D eigenvalue weighted by molar-refractivity contribution is 0.0224. The van der Waals surface area contributed by atoms with Crippen LogP contribution in [0.2, 0.25) is 5.02 Å². The highest BCUT2D eigenvalue weighted by atomic mass is 127. The van der Waals surface area contributed by atoms with Gasteiger partial charge in [-0.3, -0.25) is 4.99 Å². The Morgan fingerprint density at radius 2 is 2.27 bits per heavy atom. The van der Waals surface area contributed by atoms with Crippen molar-refractivity contribution >= 4 is 41.5 Å². The summed E-state index contributed by atoms with van der Waals surface area (Å²) in [4.78, 5) is 4.79. The normalized spacial score (nSPS) is 17.8. The van der Waals surface area contributed by atoms with E-state index in [0.717, 1.165) is 61.3 Å². The van der Waals surface area contributed by atoms with Gasteiger partial charge < -0.3 is 19.9 Å². The molecule has 1 saturated heterocycles. The summed E-state index contributed by atoms with van der Waals surface area (Å²) in [5.41, 5.74) is 1.12. The minimum atomic E-state index is 0. The first kappa shape index (κ1) is 24.9. The van der Waals surface area contributed by atoms with Crippen LogP contribution >= 0.6 is 35.6 Å². The van der Waals surface area contributed by atoms with Gasteiger partial charge in [0.2, 0.25) is 0 Å². The average molecular weight is 547 g/mol. The fraction of sp³-hybridized carbons (Fsp3) is 0.571. The molecule has 0 bridgehead atoms. The molecular weight excluding hydrogens is 515 g/mol. The highest BCUT2D eigenvalue weighted by Gasteiger charge is 2.14. The zero-order valence-corrected chi connectivity index (χ0v) is 20.8. The first-order valence-electron chi connectivity index (χ1n) is 10.4. The third-order valence-electron chi connectivity index (χ3n) is 5.09. The lowest BCUT2D eigenvalue weighted by Gasteiger charge is -2.23. The molecule has 0 amide bonds. The zero-order valence-electron chi connectivity index (χ0n) is 17.7. The number of halogens is 2. The van der Waals surface area contributed by atoms with Crippen molar-refractivity contribution in [3.8, 4) is 0 Å². The lowest BCUT2D eigenvalue weighted by Crippen LogP contribution is -2.41. The van der Waals surface area contributed by atoms with Crippen molar-refractivity contribution in [2.45, 2.75) is 58.2 Å². The molecule has 9 heteroatoms. The summed E-state index contributed by atoms with van der Waals surface area (Å²) in [6.45, 7) is 7.19. The smallest absolute Gasteiger partial charge is 0.191 e. The number of hydrogen-bond donors (Lipinski definition) is 2.